The number of imidazole rings is 1. The Morgan fingerprint density at radius 3 is 3.29 bits per heavy atom. The third kappa shape index (κ3) is 3.13. The SMILES string of the molecule is O=C(NC1CCc2nc[nH]c2C1)N1CCOc2cc(Br)ccc2C1. The minimum absolute atomic E-state index is 0.0256. The summed E-state index contributed by atoms with van der Waals surface area (Å²) in [6.45, 7) is 1.66. The van der Waals surface area contributed by atoms with Gasteiger partial charge in [0.2, 0.25) is 0 Å². The van der Waals surface area contributed by atoms with E-state index < -0.39 is 0 Å². The molecule has 2 amide bonds. The number of halogens is 1. The molecule has 2 heterocycles. The minimum atomic E-state index is -0.0256. The van der Waals surface area contributed by atoms with E-state index in [9.17, 15) is 4.79 Å². The number of amides is 2. The van der Waals surface area contributed by atoms with Crippen molar-refractivity contribution in [2.24, 2.45) is 0 Å². The number of carbonyl (C=O) groups is 1. The molecule has 2 aromatic rings. The van der Waals surface area contributed by atoms with Crippen LogP contribution in [0.3, 0.4) is 0 Å². The van der Waals surface area contributed by atoms with Crippen LogP contribution in [0.4, 0.5) is 4.79 Å². The first-order valence-electron chi connectivity index (χ1n) is 8.17. The number of ether oxygens (including phenoxy) is 1. The fourth-order valence-electron chi connectivity index (χ4n) is 3.31. The van der Waals surface area contributed by atoms with Gasteiger partial charge >= 0.3 is 6.03 Å². The van der Waals surface area contributed by atoms with E-state index >= 15 is 0 Å². The van der Waals surface area contributed by atoms with Gasteiger partial charge in [0.1, 0.15) is 12.4 Å². The van der Waals surface area contributed by atoms with Gasteiger partial charge in [-0.25, -0.2) is 9.78 Å². The Labute approximate surface area is 148 Å². The summed E-state index contributed by atoms with van der Waals surface area (Å²) in [6.07, 6.45) is 4.38. The number of nitrogens with zero attached hydrogens (tertiary/aromatic N) is 2. The van der Waals surface area contributed by atoms with E-state index in [-0.39, 0.29) is 12.1 Å². The molecule has 6 nitrogen and oxygen atoms in total. The van der Waals surface area contributed by atoms with Crippen LogP contribution in [0.1, 0.15) is 23.4 Å². The molecule has 1 aromatic carbocycles. The summed E-state index contributed by atoms with van der Waals surface area (Å²) in [6, 6.07) is 6.06. The highest BCUT2D eigenvalue weighted by Crippen LogP contribution is 2.27. The Bertz CT molecular complexity index is 761. The molecule has 1 aliphatic carbocycles. The number of hydrogen-bond donors (Lipinski definition) is 2. The maximum Gasteiger partial charge on any atom is 0.318 e. The first-order valence-corrected chi connectivity index (χ1v) is 8.96. The zero-order valence-electron chi connectivity index (χ0n) is 13.2. The molecule has 1 atom stereocenters. The first-order chi connectivity index (χ1) is 11.7. The highest BCUT2D eigenvalue weighted by atomic mass is 79.9. The van der Waals surface area contributed by atoms with Crippen LogP contribution in [-0.2, 0) is 19.4 Å². The van der Waals surface area contributed by atoms with E-state index in [0.29, 0.717) is 19.7 Å². The molecule has 4 rings (SSSR count). The van der Waals surface area contributed by atoms with Gasteiger partial charge in [-0.3, -0.25) is 0 Å². The van der Waals surface area contributed by atoms with Gasteiger partial charge in [-0.05, 0) is 25.0 Å². The van der Waals surface area contributed by atoms with Crippen LogP contribution < -0.4 is 10.1 Å². The second-order valence-corrected chi connectivity index (χ2v) is 7.15. The van der Waals surface area contributed by atoms with Crippen molar-refractivity contribution < 1.29 is 9.53 Å². The zero-order valence-corrected chi connectivity index (χ0v) is 14.8. The molecule has 2 aliphatic rings. The zero-order chi connectivity index (χ0) is 16.5. The van der Waals surface area contributed by atoms with E-state index in [4.69, 9.17) is 4.74 Å². The summed E-state index contributed by atoms with van der Waals surface area (Å²) in [5.41, 5.74) is 3.30. The molecule has 0 spiro atoms. The largest absolute Gasteiger partial charge is 0.491 e. The Morgan fingerprint density at radius 1 is 1.46 bits per heavy atom. The predicted molar refractivity (Wildman–Crippen MR) is 93.0 cm³/mol. The number of aromatic nitrogens is 2. The van der Waals surface area contributed by atoms with Crippen molar-refractivity contribution in [2.45, 2.75) is 31.8 Å². The summed E-state index contributed by atoms with van der Waals surface area (Å²) < 4.78 is 6.75. The van der Waals surface area contributed by atoms with Crippen LogP contribution in [0.25, 0.3) is 0 Å². The van der Waals surface area contributed by atoms with Crippen molar-refractivity contribution in [3.8, 4) is 5.75 Å². The van der Waals surface area contributed by atoms with Gasteiger partial charge in [-0.1, -0.05) is 22.0 Å². The number of H-pyrrole nitrogens is 1. The maximum absolute atomic E-state index is 12.7. The van der Waals surface area contributed by atoms with Gasteiger partial charge in [0.05, 0.1) is 25.1 Å². The number of hydrogen-bond acceptors (Lipinski definition) is 3. The molecule has 7 heteroatoms. The van der Waals surface area contributed by atoms with Crippen molar-refractivity contribution in [3.05, 3.63) is 46.0 Å². The number of aromatic amines is 1. The molecular formula is C17H19BrN4O2. The number of aryl methyl sites for hydroxylation is 1. The van der Waals surface area contributed by atoms with Gasteiger partial charge in [0.15, 0.2) is 0 Å². The molecule has 0 saturated heterocycles. The number of rotatable bonds is 1. The molecule has 0 fully saturated rings. The van der Waals surface area contributed by atoms with E-state index in [1.807, 2.05) is 23.1 Å². The standard InChI is InChI=1S/C17H19BrN4O2/c18-12-2-1-11-9-22(5-6-24-16(11)7-12)17(23)21-13-3-4-14-15(8-13)20-10-19-14/h1-2,7,10,13H,3-6,8-9H2,(H,19,20)(H,21,23). The van der Waals surface area contributed by atoms with Crippen molar-refractivity contribution in [2.75, 3.05) is 13.2 Å². The normalized spacial score (nSPS) is 19.7. The number of urea groups is 1. The Kier molecular flexibility index (Phi) is 4.18. The quantitative estimate of drug-likeness (QED) is 0.785. The Hall–Kier alpha value is -2.02. The average Bonchev–Trinajstić information content (AvgIpc) is 2.93. The molecule has 1 aromatic heterocycles. The summed E-state index contributed by atoms with van der Waals surface area (Å²) in [5, 5.41) is 3.16. The summed E-state index contributed by atoms with van der Waals surface area (Å²) >= 11 is 3.45. The van der Waals surface area contributed by atoms with Gasteiger partial charge in [0, 0.05) is 28.2 Å². The highest BCUT2D eigenvalue weighted by Gasteiger charge is 2.25. The molecule has 2 N–H and O–H groups in total. The molecular weight excluding hydrogens is 372 g/mol. The van der Waals surface area contributed by atoms with Crippen molar-refractivity contribution in [1.82, 2.24) is 20.2 Å². The first kappa shape index (κ1) is 15.5. The van der Waals surface area contributed by atoms with Crippen LogP contribution in [0.2, 0.25) is 0 Å². The number of fused-ring (bicyclic) bond motifs is 2. The van der Waals surface area contributed by atoms with Crippen molar-refractivity contribution >= 4 is 22.0 Å². The molecule has 126 valence electrons. The molecule has 1 unspecified atom stereocenters. The third-order valence-electron chi connectivity index (χ3n) is 4.61. The smallest absolute Gasteiger partial charge is 0.318 e. The van der Waals surface area contributed by atoms with Crippen LogP contribution in [-0.4, -0.2) is 40.1 Å². The van der Waals surface area contributed by atoms with Gasteiger partial charge in [0.25, 0.3) is 0 Å². The second-order valence-electron chi connectivity index (χ2n) is 6.24. The van der Waals surface area contributed by atoms with Crippen molar-refractivity contribution in [3.63, 3.8) is 0 Å². The van der Waals surface area contributed by atoms with E-state index in [1.54, 1.807) is 6.33 Å². The molecule has 0 saturated carbocycles. The summed E-state index contributed by atoms with van der Waals surface area (Å²) in [5.74, 6) is 0.847. The Morgan fingerprint density at radius 2 is 2.38 bits per heavy atom. The van der Waals surface area contributed by atoms with Crippen LogP contribution in [0.15, 0.2) is 29.0 Å². The Balaban J connectivity index is 1.42. The molecule has 0 radical (unpaired) electrons. The van der Waals surface area contributed by atoms with Gasteiger partial charge in [-0.2, -0.15) is 0 Å². The van der Waals surface area contributed by atoms with Gasteiger partial charge < -0.3 is 19.9 Å². The summed E-state index contributed by atoms with van der Waals surface area (Å²) in [7, 11) is 0. The highest BCUT2D eigenvalue weighted by molar-refractivity contribution is 9.10. The second kappa shape index (κ2) is 6.47. The lowest BCUT2D eigenvalue weighted by molar-refractivity contribution is 0.182. The number of carbonyl (C=O) groups excluding carboxylic acids is 1. The van der Waals surface area contributed by atoms with Crippen LogP contribution in [0.5, 0.6) is 5.75 Å². The minimum Gasteiger partial charge on any atom is -0.491 e. The lowest BCUT2D eigenvalue weighted by Gasteiger charge is -2.27. The lowest BCUT2D eigenvalue weighted by atomic mass is 9.96. The van der Waals surface area contributed by atoms with Crippen LogP contribution in [0, 0.1) is 0 Å². The third-order valence-corrected chi connectivity index (χ3v) is 5.10. The monoisotopic (exact) mass is 390 g/mol. The van der Waals surface area contributed by atoms with E-state index in [1.165, 1.54) is 0 Å². The van der Waals surface area contributed by atoms with Crippen LogP contribution >= 0.6 is 15.9 Å². The molecule has 0 bridgehead atoms. The van der Waals surface area contributed by atoms with E-state index in [0.717, 1.165) is 46.4 Å². The predicted octanol–water partition coefficient (Wildman–Crippen LogP) is 2.63. The average molecular weight is 391 g/mol. The van der Waals surface area contributed by atoms with E-state index in [2.05, 4.69) is 31.2 Å². The fourth-order valence-corrected chi connectivity index (χ4v) is 3.65. The molecule has 24 heavy (non-hydrogen) atoms. The topological polar surface area (TPSA) is 70.2 Å². The maximum atomic E-state index is 12.7. The number of nitrogens with one attached hydrogen (secondary N) is 2. The lowest BCUT2D eigenvalue weighted by Crippen LogP contribution is -2.47. The summed E-state index contributed by atoms with van der Waals surface area (Å²) in [4.78, 5) is 22.0. The van der Waals surface area contributed by atoms with Gasteiger partial charge in [-0.15, -0.1) is 0 Å². The van der Waals surface area contributed by atoms with Crippen molar-refractivity contribution in [1.29, 1.82) is 0 Å². The fraction of sp³-hybridized carbons (Fsp3) is 0.412. The number of benzene rings is 1. The molecule has 1 aliphatic heterocycles.